The topological polar surface area (TPSA) is 58.6 Å². The molecule has 2 atom stereocenters. The van der Waals surface area contributed by atoms with E-state index >= 15 is 0 Å². The van der Waals surface area contributed by atoms with E-state index in [2.05, 4.69) is 5.32 Å². The van der Waals surface area contributed by atoms with Gasteiger partial charge in [-0.05, 0) is 30.9 Å². The quantitative estimate of drug-likeness (QED) is 0.916. The van der Waals surface area contributed by atoms with E-state index in [-0.39, 0.29) is 18.6 Å². The lowest BCUT2D eigenvalue weighted by molar-refractivity contribution is -0.0251. The fourth-order valence-electron chi connectivity index (χ4n) is 2.71. The van der Waals surface area contributed by atoms with Gasteiger partial charge in [0.25, 0.3) is 5.91 Å². The summed E-state index contributed by atoms with van der Waals surface area (Å²) in [5, 5.41) is 14.4. The molecule has 1 aliphatic rings. The minimum atomic E-state index is -0.958. The molecule has 21 heavy (non-hydrogen) atoms. The molecule has 0 radical (unpaired) electrons. The Labute approximate surface area is 127 Å². The van der Waals surface area contributed by atoms with Crippen molar-refractivity contribution >= 4 is 27.3 Å². The normalized spacial score (nSPS) is 25.4. The van der Waals surface area contributed by atoms with E-state index in [1.54, 1.807) is 0 Å². The van der Waals surface area contributed by atoms with Crippen molar-refractivity contribution in [1.82, 2.24) is 5.32 Å². The van der Waals surface area contributed by atoms with Gasteiger partial charge in [0.05, 0.1) is 11.0 Å². The van der Waals surface area contributed by atoms with Crippen LogP contribution in [0.5, 0.6) is 0 Å². The van der Waals surface area contributed by atoms with E-state index in [9.17, 15) is 9.90 Å². The minimum absolute atomic E-state index is 0.124. The summed E-state index contributed by atoms with van der Waals surface area (Å²) in [4.78, 5) is 13.1. The summed E-state index contributed by atoms with van der Waals surface area (Å²) in [6, 6.07) is 7.99. The van der Waals surface area contributed by atoms with Crippen LogP contribution in [-0.4, -0.2) is 35.9 Å². The number of hydrogen-bond donors (Lipinski definition) is 2. The second-order valence-corrected chi connectivity index (χ2v) is 6.65. The molecule has 112 valence electrons. The van der Waals surface area contributed by atoms with Crippen LogP contribution in [0, 0.1) is 6.92 Å². The third-order valence-electron chi connectivity index (χ3n) is 4.26. The standard InChI is InChI=1S/C16H19NO3S/c1-10-12-5-3-4-6-13(12)21-14(10)15(18)17-9-16(19)7-8-20-11(16)2/h3-6,11,19H,7-9H2,1-2H3,(H,17,18). The van der Waals surface area contributed by atoms with Crippen molar-refractivity contribution < 1.29 is 14.6 Å². The Morgan fingerprint density at radius 3 is 2.95 bits per heavy atom. The predicted octanol–water partition coefficient (Wildman–Crippen LogP) is 2.48. The first-order valence-electron chi connectivity index (χ1n) is 7.11. The maximum Gasteiger partial charge on any atom is 0.261 e. The lowest BCUT2D eigenvalue weighted by Crippen LogP contribution is -2.47. The molecular weight excluding hydrogens is 286 g/mol. The first-order chi connectivity index (χ1) is 10.0. The number of thiophene rings is 1. The van der Waals surface area contributed by atoms with Gasteiger partial charge in [0.15, 0.2) is 0 Å². The van der Waals surface area contributed by atoms with Gasteiger partial charge in [0.2, 0.25) is 0 Å². The molecule has 0 spiro atoms. The van der Waals surface area contributed by atoms with Crippen LogP contribution in [0.4, 0.5) is 0 Å². The highest BCUT2D eigenvalue weighted by Gasteiger charge is 2.39. The van der Waals surface area contributed by atoms with Crippen molar-refractivity contribution in [3.05, 3.63) is 34.7 Å². The number of aliphatic hydroxyl groups is 1. The van der Waals surface area contributed by atoms with Crippen LogP contribution in [0.15, 0.2) is 24.3 Å². The van der Waals surface area contributed by atoms with Gasteiger partial charge < -0.3 is 15.2 Å². The highest BCUT2D eigenvalue weighted by molar-refractivity contribution is 7.21. The van der Waals surface area contributed by atoms with Crippen LogP contribution < -0.4 is 5.32 Å². The first-order valence-corrected chi connectivity index (χ1v) is 7.93. The molecule has 2 N–H and O–H groups in total. The summed E-state index contributed by atoms with van der Waals surface area (Å²) in [5.41, 5.74) is 0.0380. The number of amides is 1. The van der Waals surface area contributed by atoms with Gasteiger partial charge in [0.1, 0.15) is 5.60 Å². The smallest absolute Gasteiger partial charge is 0.261 e. The Morgan fingerprint density at radius 2 is 2.29 bits per heavy atom. The SMILES string of the molecule is Cc1c(C(=O)NCC2(O)CCOC2C)sc2ccccc12. The minimum Gasteiger partial charge on any atom is -0.385 e. The van der Waals surface area contributed by atoms with Crippen LogP contribution in [0.1, 0.15) is 28.6 Å². The van der Waals surface area contributed by atoms with Crippen molar-refractivity contribution in [3.8, 4) is 0 Å². The molecular formula is C16H19NO3S. The molecule has 1 amide bonds. The maximum absolute atomic E-state index is 12.4. The maximum atomic E-state index is 12.4. The average Bonchev–Trinajstić information content (AvgIpc) is 2.99. The molecule has 0 saturated carbocycles. The molecule has 2 heterocycles. The Hall–Kier alpha value is -1.43. The number of carbonyl (C=O) groups excluding carboxylic acids is 1. The second-order valence-electron chi connectivity index (χ2n) is 5.60. The molecule has 0 aliphatic carbocycles. The van der Waals surface area contributed by atoms with Crippen LogP contribution in [0.25, 0.3) is 10.1 Å². The molecule has 3 rings (SSSR count). The number of fused-ring (bicyclic) bond motifs is 1. The number of carbonyl (C=O) groups is 1. The van der Waals surface area contributed by atoms with E-state index < -0.39 is 5.60 Å². The molecule has 1 aliphatic heterocycles. The monoisotopic (exact) mass is 305 g/mol. The average molecular weight is 305 g/mol. The number of aryl methyl sites for hydroxylation is 1. The number of hydrogen-bond acceptors (Lipinski definition) is 4. The number of rotatable bonds is 3. The molecule has 5 heteroatoms. The number of ether oxygens (including phenoxy) is 1. The fraction of sp³-hybridized carbons (Fsp3) is 0.438. The summed E-state index contributed by atoms with van der Waals surface area (Å²) >= 11 is 1.49. The zero-order chi connectivity index (χ0) is 15.0. The van der Waals surface area contributed by atoms with Gasteiger partial charge in [-0.3, -0.25) is 4.79 Å². The molecule has 0 bridgehead atoms. The summed E-state index contributed by atoms with van der Waals surface area (Å²) in [6.45, 7) is 4.56. The van der Waals surface area contributed by atoms with E-state index in [4.69, 9.17) is 4.74 Å². The summed E-state index contributed by atoms with van der Waals surface area (Å²) in [5.74, 6) is -0.124. The molecule has 1 aromatic carbocycles. The summed E-state index contributed by atoms with van der Waals surface area (Å²) in [7, 11) is 0. The van der Waals surface area contributed by atoms with E-state index in [0.717, 1.165) is 15.6 Å². The third-order valence-corrected chi connectivity index (χ3v) is 5.54. The first kappa shape index (κ1) is 14.5. The highest BCUT2D eigenvalue weighted by atomic mass is 32.1. The van der Waals surface area contributed by atoms with Crippen molar-refractivity contribution in [3.63, 3.8) is 0 Å². The van der Waals surface area contributed by atoms with E-state index in [1.807, 2.05) is 38.1 Å². The summed E-state index contributed by atoms with van der Waals surface area (Å²) < 4.78 is 6.49. The van der Waals surface area contributed by atoms with Gasteiger partial charge in [-0.2, -0.15) is 0 Å². The fourth-order valence-corrected chi connectivity index (χ4v) is 3.83. The molecule has 1 saturated heterocycles. The van der Waals surface area contributed by atoms with Crippen LogP contribution >= 0.6 is 11.3 Å². The van der Waals surface area contributed by atoms with Gasteiger partial charge in [0, 0.05) is 24.3 Å². The van der Waals surface area contributed by atoms with Crippen LogP contribution in [-0.2, 0) is 4.74 Å². The van der Waals surface area contributed by atoms with Crippen molar-refractivity contribution in [2.24, 2.45) is 0 Å². The Balaban J connectivity index is 1.77. The highest BCUT2D eigenvalue weighted by Crippen LogP contribution is 2.31. The van der Waals surface area contributed by atoms with E-state index in [1.165, 1.54) is 11.3 Å². The zero-order valence-corrected chi connectivity index (χ0v) is 13.0. The van der Waals surface area contributed by atoms with Crippen molar-refractivity contribution in [1.29, 1.82) is 0 Å². The molecule has 1 aromatic heterocycles. The lowest BCUT2D eigenvalue weighted by atomic mass is 9.97. The molecule has 2 unspecified atom stereocenters. The van der Waals surface area contributed by atoms with Crippen molar-refractivity contribution in [2.45, 2.75) is 32.0 Å². The van der Waals surface area contributed by atoms with Gasteiger partial charge in [-0.1, -0.05) is 18.2 Å². The van der Waals surface area contributed by atoms with Gasteiger partial charge in [-0.15, -0.1) is 11.3 Å². The second kappa shape index (κ2) is 5.40. The molecule has 1 fully saturated rings. The lowest BCUT2D eigenvalue weighted by Gasteiger charge is -2.26. The zero-order valence-electron chi connectivity index (χ0n) is 12.2. The molecule has 4 nitrogen and oxygen atoms in total. The largest absolute Gasteiger partial charge is 0.385 e. The Bertz CT molecular complexity index is 681. The van der Waals surface area contributed by atoms with E-state index in [0.29, 0.717) is 17.9 Å². The Kier molecular flexibility index (Phi) is 3.73. The number of benzene rings is 1. The number of nitrogens with one attached hydrogen (secondary N) is 1. The summed E-state index contributed by atoms with van der Waals surface area (Å²) in [6.07, 6.45) is 0.307. The third kappa shape index (κ3) is 2.57. The van der Waals surface area contributed by atoms with Crippen LogP contribution in [0.2, 0.25) is 0 Å². The molecule has 2 aromatic rings. The van der Waals surface area contributed by atoms with Crippen LogP contribution in [0.3, 0.4) is 0 Å². The van der Waals surface area contributed by atoms with Gasteiger partial charge in [-0.25, -0.2) is 0 Å². The van der Waals surface area contributed by atoms with Gasteiger partial charge >= 0.3 is 0 Å². The predicted molar refractivity (Wildman–Crippen MR) is 83.9 cm³/mol. The van der Waals surface area contributed by atoms with Crippen molar-refractivity contribution in [2.75, 3.05) is 13.2 Å². The Morgan fingerprint density at radius 1 is 1.52 bits per heavy atom.